The number of anilines is 3. The average Bonchev–Trinajstić information content (AvgIpc) is 3.54. The van der Waals surface area contributed by atoms with Gasteiger partial charge in [0.05, 0.1) is 5.92 Å². The number of alkyl halides is 3. The second-order valence-corrected chi connectivity index (χ2v) is 12.4. The van der Waals surface area contributed by atoms with E-state index in [1.165, 1.54) is 0 Å². The number of fused-ring (bicyclic) bond motifs is 2. The predicted molar refractivity (Wildman–Crippen MR) is 152 cm³/mol. The van der Waals surface area contributed by atoms with Crippen LogP contribution in [0, 0.1) is 17.8 Å². The van der Waals surface area contributed by atoms with Gasteiger partial charge in [0, 0.05) is 42.6 Å². The molecule has 9 nitrogen and oxygen atoms in total. The third-order valence-corrected chi connectivity index (χ3v) is 9.48. The zero-order chi connectivity index (χ0) is 29.6. The van der Waals surface area contributed by atoms with Crippen LogP contribution in [0.15, 0.2) is 30.5 Å². The monoisotopic (exact) mass is 585 g/mol. The van der Waals surface area contributed by atoms with Crippen molar-refractivity contribution in [3.05, 3.63) is 41.6 Å². The van der Waals surface area contributed by atoms with E-state index in [0.717, 1.165) is 64.2 Å². The van der Waals surface area contributed by atoms with E-state index in [9.17, 15) is 22.8 Å². The molecule has 42 heavy (non-hydrogen) atoms. The number of rotatable bonds is 8. The molecule has 12 heteroatoms. The molecule has 1 aliphatic heterocycles. The molecule has 0 radical (unpaired) electrons. The van der Waals surface area contributed by atoms with Crippen LogP contribution in [0.4, 0.5) is 30.6 Å². The maximum atomic E-state index is 14.0. The maximum Gasteiger partial charge on any atom is 0.421 e. The normalized spacial score (nSPS) is 26.2. The van der Waals surface area contributed by atoms with Crippen LogP contribution in [0.5, 0.6) is 0 Å². The van der Waals surface area contributed by atoms with Crippen molar-refractivity contribution in [1.29, 1.82) is 0 Å². The lowest BCUT2D eigenvalue weighted by atomic mass is 9.83. The number of nitrogens with one attached hydrogen (secondary N) is 3. The van der Waals surface area contributed by atoms with Gasteiger partial charge in [0.1, 0.15) is 11.4 Å². The van der Waals surface area contributed by atoms with Crippen LogP contribution in [0.1, 0.15) is 60.9 Å². The molecule has 1 saturated heterocycles. The van der Waals surface area contributed by atoms with E-state index in [1.807, 2.05) is 7.05 Å². The van der Waals surface area contributed by atoms with Gasteiger partial charge in [-0.3, -0.25) is 9.59 Å². The molecule has 0 spiro atoms. The first-order chi connectivity index (χ1) is 20.1. The molecule has 1 aromatic carbocycles. The standard InChI is InChI=1S/C30H38F3N7O2/c1-39-13-11-22(12-14-39)40(2)28(42)17-5-7-21(8-6-17)36-29-34-16-23(30(31,32)33)26(38-29)37-25-19-4-3-18(15-19)24(25)27(41)35-20-9-10-20/h5-8,16,18-20,22,24-25H,3-4,9-15H2,1-2H3,(H,35,41)(H2,34,36,37,38)/t18-,19-,24-,25+/m1/s1. The van der Waals surface area contributed by atoms with E-state index in [4.69, 9.17) is 0 Å². The number of likely N-dealkylation sites (tertiary alicyclic amines) is 1. The largest absolute Gasteiger partial charge is 0.421 e. The molecule has 4 aliphatic rings. The van der Waals surface area contributed by atoms with Crippen LogP contribution in [0.3, 0.4) is 0 Å². The molecular weight excluding hydrogens is 547 g/mol. The summed E-state index contributed by atoms with van der Waals surface area (Å²) < 4.78 is 42.0. The maximum absolute atomic E-state index is 14.0. The van der Waals surface area contributed by atoms with Gasteiger partial charge in [-0.25, -0.2) is 4.98 Å². The number of aromatic nitrogens is 2. The average molecular weight is 586 g/mol. The SMILES string of the molecule is CN1CCC(N(C)C(=O)c2ccc(Nc3ncc(C(F)(F)F)c(N[C@H]4[C@@H]5CC[C@H](C5)[C@H]4C(=O)NC4CC4)n3)cc2)CC1. The number of nitrogens with zero attached hydrogens (tertiary/aromatic N) is 4. The topological polar surface area (TPSA) is 102 Å². The zero-order valence-corrected chi connectivity index (χ0v) is 24.0. The molecule has 3 aliphatic carbocycles. The van der Waals surface area contributed by atoms with Gasteiger partial charge in [0.25, 0.3) is 5.91 Å². The highest BCUT2D eigenvalue weighted by Gasteiger charge is 2.52. The highest BCUT2D eigenvalue weighted by atomic mass is 19.4. The number of halogens is 3. The lowest BCUT2D eigenvalue weighted by Gasteiger charge is -2.35. The second kappa shape index (κ2) is 11.3. The molecule has 2 amide bonds. The summed E-state index contributed by atoms with van der Waals surface area (Å²) in [4.78, 5) is 38.3. The summed E-state index contributed by atoms with van der Waals surface area (Å²) in [5.41, 5.74) is 0.111. The minimum Gasteiger partial charge on any atom is -0.366 e. The highest BCUT2D eigenvalue weighted by Crippen LogP contribution is 2.50. The van der Waals surface area contributed by atoms with Crippen LogP contribution in [-0.2, 0) is 11.0 Å². The van der Waals surface area contributed by atoms with E-state index < -0.39 is 17.8 Å². The van der Waals surface area contributed by atoms with E-state index in [-0.39, 0.29) is 53.4 Å². The summed E-state index contributed by atoms with van der Waals surface area (Å²) in [6.07, 6.45) is 2.50. The number of piperidine rings is 1. The Morgan fingerprint density at radius 1 is 1.00 bits per heavy atom. The molecule has 2 heterocycles. The Morgan fingerprint density at radius 3 is 2.36 bits per heavy atom. The first-order valence-corrected chi connectivity index (χ1v) is 14.9. The highest BCUT2D eigenvalue weighted by molar-refractivity contribution is 5.94. The van der Waals surface area contributed by atoms with Gasteiger partial charge >= 0.3 is 6.18 Å². The third kappa shape index (κ3) is 6.04. The van der Waals surface area contributed by atoms with Crippen LogP contribution in [0.25, 0.3) is 0 Å². The number of hydrogen-bond donors (Lipinski definition) is 3. The lowest BCUT2D eigenvalue weighted by Crippen LogP contribution is -2.45. The summed E-state index contributed by atoms with van der Waals surface area (Å²) in [5, 5.41) is 9.07. The number of carbonyl (C=O) groups excluding carboxylic acids is 2. The predicted octanol–water partition coefficient (Wildman–Crippen LogP) is 4.51. The molecule has 1 aromatic heterocycles. The molecule has 226 valence electrons. The van der Waals surface area contributed by atoms with E-state index >= 15 is 0 Å². The Morgan fingerprint density at radius 2 is 1.69 bits per heavy atom. The van der Waals surface area contributed by atoms with Crippen molar-refractivity contribution in [2.24, 2.45) is 17.8 Å². The number of hydrogen-bond acceptors (Lipinski definition) is 7. The van der Waals surface area contributed by atoms with Gasteiger partial charge in [-0.05, 0) is 101 Å². The second-order valence-electron chi connectivity index (χ2n) is 12.4. The van der Waals surface area contributed by atoms with Crippen molar-refractivity contribution in [2.75, 3.05) is 37.8 Å². The quantitative estimate of drug-likeness (QED) is 0.419. The van der Waals surface area contributed by atoms with Crippen molar-refractivity contribution in [3.8, 4) is 0 Å². The van der Waals surface area contributed by atoms with Crippen molar-refractivity contribution < 1.29 is 22.8 Å². The molecule has 4 atom stereocenters. The molecule has 3 N–H and O–H groups in total. The van der Waals surface area contributed by atoms with Gasteiger partial charge in [-0.1, -0.05) is 0 Å². The summed E-state index contributed by atoms with van der Waals surface area (Å²) in [5.74, 6) is -0.563. The number of amides is 2. The summed E-state index contributed by atoms with van der Waals surface area (Å²) in [6, 6.07) is 6.73. The number of benzene rings is 1. The third-order valence-electron chi connectivity index (χ3n) is 9.48. The zero-order valence-electron chi connectivity index (χ0n) is 24.0. The minimum atomic E-state index is -4.66. The molecule has 3 saturated carbocycles. The van der Waals surface area contributed by atoms with Gasteiger partial charge in [0.2, 0.25) is 11.9 Å². The van der Waals surface area contributed by atoms with Crippen molar-refractivity contribution in [2.45, 2.75) is 69.2 Å². The van der Waals surface area contributed by atoms with Gasteiger partial charge in [-0.15, -0.1) is 0 Å². The molecule has 2 aromatic rings. The minimum absolute atomic E-state index is 0.00448. The molecule has 6 rings (SSSR count). The van der Waals surface area contributed by atoms with Crippen LogP contribution < -0.4 is 16.0 Å². The van der Waals surface area contributed by atoms with Gasteiger partial charge < -0.3 is 25.8 Å². The van der Waals surface area contributed by atoms with Crippen molar-refractivity contribution >= 4 is 29.3 Å². The summed E-state index contributed by atoms with van der Waals surface area (Å²) >= 11 is 0. The Bertz CT molecular complexity index is 1310. The van der Waals surface area contributed by atoms with E-state index in [2.05, 4.69) is 37.9 Å². The van der Waals surface area contributed by atoms with Crippen molar-refractivity contribution in [1.82, 2.24) is 25.1 Å². The number of carbonyl (C=O) groups is 2. The van der Waals surface area contributed by atoms with E-state index in [0.29, 0.717) is 11.3 Å². The first-order valence-electron chi connectivity index (χ1n) is 14.9. The smallest absolute Gasteiger partial charge is 0.366 e. The van der Waals surface area contributed by atoms with Crippen molar-refractivity contribution in [3.63, 3.8) is 0 Å². The Labute approximate surface area is 243 Å². The molecule has 0 unspecified atom stereocenters. The lowest BCUT2D eigenvalue weighted by molar-refractivity contribution is -0.137. The Balaban J connectivity index is 1.17. The van der Waals surface area contributed by atoms with Crippen LogP contribution >= 0.6 is 0 Å². The van der Waals surface area contributed by atoms with Gasteiger partial charge in [0.15, 0.2) is 0 Å². The Hall–Kier alpha value is -3.41. The fraction of sp³-hybridized carbons (Fsp3) is 0.600. The van der Waals surface area contributed by atoms with E-state index in [1.54, 1.807) is 29.2 Å². The summed E-state index contributed by atoms with van der Waals surface area (Å²) in [7, 11) is 3.90. The van der Waals surface area contributed by atoms with Crippen LogP contribution in [0.2, 0.25) is 0 Å². The fourth-order valence-corrected chi connectivity index (χ4v) is 6.90. The van der Waals surface area contributed by atoms with Crippen LogP contribution in [-0.4, -0.2) is 76.9 Å². The summed E-state index contributed by atoms with van der Waals surface area (Å²) in [6.45, 7) is 1.90. The fourth-order valence-electron chi connectivity index (χ4n) is 6.90. The molecule has 4 fully saturated rings. The molecular formula is C30H38F3N7O2. The first kappa shape index (κ1) is 28.7. The van der Waals surface area contributed by atoms with Gasteiger partial charge in [-0.2, -0.15) is 18.2 Å². The molecule has 2 bridgehead atoms. The Kier molecular flexibility index (Phi) is 7.75.